The van der Waals surface area contributed by atoms with Crippen molar-refractivity contribution in [2.24, 2.45) is 5.41 Å². The molecule has 1 aromatic rings. The lowest BCUT2D eigenvalue weighted by atomic mass is 9.80. The minimum atomic E-state index is -0.688. The molecule has 0 atom stereocenters. The van der Waals surface area contributed by atoms with Gasteiger partial charge >= 0.3 is 5.97 Å². The summed E-state index contributed by atoms with van der Waals surface area (Å²) in [4.78, 5) is 17.8. The maximum Gasteiger partial charge on any atom is 0.309 e. The molecule has 1 N–H and O–H groups in total. The lowest BCUT2D eigenvalue weighted by Gasteiger charge is -2.36. The average Bonchev–Trinajstić information content (AvgIpc) is 2.42. The first-order valence-corrected chi connectivity index (χ1v) is 6.49. The van der Waals surface area contributed by atoms with Gasteiger partial charge in [-0.25, -0.2) is 4.98 Å². The Morgan fingerprint density at radius 3 is 2.74 bits per heavy atom. The number of carbonyl (C=O) groups is 1. The number of pyridine rings is 1. The van der Waals surface area contributed by atoms with Crippen LogP contribution < -0.4 is 4.74 Å². The van der Waals surface area contributed by atoms with Crippen LogP contribution in [0.4, 0.5) is 0 Å². The maximum atomic E-state index is 11.2. The van der Waals surface area contributed by atoms with Crippen molar-refractivity contribution in [1.29, 1.82) is 0 Å². The van der Waals surface area contributed by atoms with Crippen LogP contribution in [0.15, 0.2) is 18.2 Å². The number of hydrogen-bond donors (Lipinski definition) is 1. The summed E-state index contributed by atoms with van der Waals surface area (Å²) in [6.45, 7) is 4.16. The number of nitrogens with zero attached hydrogens (tertiary/aromatic N) is 2. The lowest BCUT2D eigenvalue weighted by Crippen LogP contribution is -2.42. The molecule has 5 nitrogen and oxygen atoms in total. The molecule has 0 aromatic carbocycles. The van der Waals surface area contributed by atoms with Gasteiger partial charge in [-0.15, -0.1) is 0 Å². The zero-order valence-electron chi connectivity index (χ0n) is 11.4. The van der Waals surface area contributed by atoms with E-state index in [-0.39, 0.29) is 0 Å². The van der Waals surface area contributed by atoms with Crippen LogP contribution in [0, 0.1) is 5.41 Å². The zero-order valence-corrected chi connectivity index (χ0v) is 11.4. The van der Waals surface area contributed by atoms with E-state index in [0.29, 0.717) is 18.7 Å². The van der Waals surface area contributed by atoms with Gasteiger partial charge in [0.2, 0.25) is 5.88 Å². The third-order valence-electron chi connectivity index (χ3n) is 3.85. The molecular formula is C14H20N2O3. The Kier molecular flexibility index (Phi) is 4.04. The molecule has 0 spiro atoms. The van der Waals surface area contributed by atoms with Gasteiger partial charge < -0.3 is 9.84 Å². The number of rotatable bonds is 4. The van der Waals surface area contributed by atoms with Crippen LogP contribution in [-0.2, 0) is 11.3 Å². The second-order valence-electron chi connectivity index (χ2n) is 5.31. The van der Waals surface area contributed by atoms with Crippen molar-refractivity contribution < 1.29 is 14.6 Å². The monoisotopic (exact) mass is 264 g/mol. The topological polar surface area (TPSA) is 62.7 Å². The van der Waals surface area contributed by atoms with Crippen LogP contribution in [-0.4, -0.2) is 41.2 Å². The molecule has 0 amide bonds. The molecule has 2 heterocycles. The molecule has 1 fully saturated rings. The SMILES string of the molecule is COc1cccc(CN2CCC(C)(C(=O)O)CC2)n1. The van der Waals surface area contributed by atoms with Gasteiger partial charge in [-0.1, -0.05) is 6.07 Å². The molecular weight excluding hydrogens is 244 g/mol. The summed E-state index contributed by atoms with van der Waals surface area (Å²) in [5, 5.41) is 9.19. The first kappa shape index (κ1) is 13.8. The minimum Gasteiger partial charge on any atom is -0.481 e. The largest absolute Gasteiger partial charge is 0.481 e. The molecule has 5 heteroatoms. The third-order valence-corrected chi connectivity index (χ3v) is 3.85. The van der Waals surface area contributed by atoms with Crippen LogP contribution in [0.3, 0.4) is 0 Å². The van der Waals surface area contributed by atoms with Crippen LogP contribution in [0.2, 0.25) is 0 Å². The van der Waals surface area contributed by atoms with Gasteiger partial charge in [-0.05, 0) is 38.9 Å². The van der Waals surface area contributed by atoms with Gasteiger partial charge in [0.05, 0.1) is 18.2 Å². The highest BCUT2D eigenvalue weighted by Crippen LogP contribution is 2.31. The molecule has 0 radical (unpaired) electrons. The molecule has 2 rings (SSSR count). The number of aromatic nitrogens is 1. The summed E-state index contributed by atoms with van der Waals surface area (Å²) in [5.41, 5.74) is 0.386. The van der Waals surface area contributed by atoms with E-state index >= 15 is 0 Å². The number of methoxy groups -OCH3 is 1. The van der Waals surface area contributed by atoms with Gasteiger partial charge in [0.1, 0.15) is 0 Å². The van der Waals surface area contributed by atoms with Gasteiger partial charge in [0.15, 0.2) is 0 Å². The fraction of sp³-hybridized carbons (Fsp3) is 0.571. The van der Waals surface area contributed by atoms with Gasteiger partial charge in [-0.2, -0.15) is 0 Å². The van der Waals surface area contributed by atoms with Crippen molar-refractivity contribution in [2.45, 2.75) is 26.3 Å². The summed E-state index contributed by atoms with van der Waals surface area (Å²) in [6.07, 6.45) is 1.37. The number of piperidine rings is 1. The van der Waals surface area contributed by atoms with Crippen molar-refractivity contribution in [3.63, 3.8) is 0 Å². The average molecular weight is 264 g/mol. The van der Waals surface area contributed by atoms with E-state index in [1.54, 1.807) is 7.11 Å². The van der Waals surface area contributed by atoms with Crippen molar-refractivity contribution in [1.82, 2.24) is 9.88 Å². The normalized spacial score (nSPS) is 19.1. The highest BCUT2D eigenvalue weighted by atomic mass is 16.5. The molecule has 19 heavy (non-hydrogen) atoms. The van der Waals surface area contributed by atoms with Gasteiger partial charge in [-0.3, -0.25) is 9.69 Å². The Labute approximate surface area is 113 Å². The molecule has 0 bridgehead atoms. The summed E-state index contributed by atoms with van der Waals surface area (Å²) in [6, 6.07) is 5.71. The van der Waals surface area contributed by atoms with Gasteiger partial charge in [0, 0.05) is 12.6 Å². The molecule has 1 saturated heterocycles. The van der Waals surface area contributed by atoms with E-state index in [1.807, 2.05) is 25.1 Å². The molecule has 104 valence electrons. The fourth-order valence-electron chi connectivity index (χ4n) is 2.31. The van der Waals surface area contributed by atoms with Crippen LogP contribution >= 0.6 is 0 Å². The third kappa shape index (κ3) is 3.23. The standard InChI is InChI=1S/C14H20N2O3/c1-14(13(17)18)6-8-16(9-7-14)10-11-4-3-5-12(15-11)19-2/h3-5H,6-10H2,1-2H3,(H,17,18). The number of hydrogen-bond acceptors (Lipinski definition) is 4. The van der Waals surface area contributed by atoms with E-state index in [0.717, 1.165) is 25.3 Å². The van der Waals surface area contributed by atoms with Crippen LogP contribution in [0.1, 0.15) is 25.5 Å². The summed E-state index contributed by atoms with van der Waals surface area (Å²) in [5.74, 6) is -0.0726. The summed E-state index contributed by atoms with van der Waals surface area (Å²) < 4.78 is 5.10. The Bertz CT molecular complexity index is 454. The Balaban J connectivity index is 1.93. The van der Waals surface area contributed by atoms with E-state index < -0.39 is 11.4 Å². The molecule has 0 unspecified atom stereocenters. The highest BCUT2D eigenvalue weighted by Gasteiger charge is 2.36. The van der Waals surface area contributed by atoms with Crippen LogP contribution in [0.25, 0.3) is 0 Å². The highest BCUT2D eigenvalue weighted by molar-refractivity contribution is 5.74. The second-order valence-corrected chi connectivity index (χ2v) is 5.31. The predicted molar refractivity (Wildman–Crippen MR) is 71.0 cm³/mol. The van der Waals surface area contributed by atoms with E-state index in [1.165, 1.54) is 0 Å². The molecule has 1 aromatic heterocycles. The number of carboxylic acid groups (broad SMARTS) is 1. The van der Waals surface area contributed by atoms with Crippen molar-refractivity contribution in [3.8, 4) is 5.88 Å². The van der Waals surface area contributed by atoms with Crippen molar-refractivity contribution in [2.75, 3.05) is 20.2 Å². The molecule has 0 saturated carbocycles. The molecule has 1 aliphatic rings. The second kappa shape index (κ2) is 5.57. The number of likely N-dealkylation sites (tertiary alicyclic amines) is 1. The maximum absolute atomic E-state index is 11.2. The van der Waals surface area contributed by atoms with E-state index in [4.69, 9.17) is 4.74 Å². The number of ether oxygens (including phenoxy) is 1. The summed E-state index contributed by atoms with van der Waals surface area (Å²) in [7, 11) is 1.60. The Hall–Kier alpha value is -1.62. The Morgan fingerprint density at radius 1 is 1.47 bits per heavy atom. The first-order chi connectivity index (χ1) is 9.03. The van der Waals surface area contributed by atoms with Crippen molar-refractivity contribution in [3.05, 3.63) is 23.9 Å². The lowest BCUT2D eigenvalue weighted by molar-refractivity contribution is -0.150. The summed E-state index contributed by atoms with van der Waals surface area (Å²) >= 11 is 0. The zero-order chi connectivity index (χ0) is 13.9. The quantitative estimate of drug-likeness (QED) is 0.898. The molecule has 1 aliphatic heterocycles. The molecule has 0 aliphatic carbocycles. The Morgan fingerprint density at radius 2 is 2.16 bits per heavy atom. The first-order valence-electron chi connectivity index (χ1n) is 6.49. The van der Waals surface area contributed by atoms with E-state index in [9.17, 15) is 9.90 Å². The van der Waals surface area contributed by atoms with Crippen molar-refractivity contribution >= 4 is 5.97 Å². The van der Waals surface area contributed by atoms with Gasteiger partial charge in [0.25, 0.3) is 0 Å². The predicted octanol–water partition coefficient (Wildman–Crippen LogP) is 1.78. The smallest absolute Gasteiger partial charge is 0.309 e. The number of aliphatic carboxylic acids is 1. The van der Waals surface area contributed by atoms with E-state index in [2.05, 4.69) is 9.88 Å². The minimum absolute atomic E-state index is 0.571. The number of carboxylic acids is 1. The van der Waals surface area contributed by atoms with Crippen LogP contribution in [0.5, 0.6) is 5.88 Å². The fourth-order valence-corrected chi connectivity index (χ4v) is 2.31.